The van der Waals surface area contributed by atoms with Crippen LogP contribution in [0.15, 0.2) is 17.8 Å². The lowest BCUT2D eigenvalue weighted by atomic mass is 10.1. The Bertz CT molecular complexity index is 513. The predicted molar refractivity (Wildman–Crippen MR) is 76.1 cm³/mol. The summed E-state index contributed by atoms with van der Waals surface area (Å²) in [4.78, 5) is 12.3. The molecule has 2 aromatic rings. The second-order valence-corrected chi connectivity index (χ2v) is 6.10. The average Bonchev–Trinajstić information content (AvgIpc) is 2.96. The van der Waals surface area contributed by atoms with Crippen molar-refractivity contribution in [3.05, 3.63) is 17.8 Å². The lowest BCUT2D eigenvalue weighted by Gasteiger charge is -2.17. The lowest BCUT2D eigenvalue weighted by Crippen LogP contribution is -2.21. The fraction of sp³-hybridized carbons (Fsp3) is 0.500. The summed E-state index contributed by atoms with van der Waals surface area (Å²) in [7, 11) is 0. The summed E-state index contributed by atoms with van der Waals surface area (Å²) in [6, 6.07) is 2.13. The number of halogens is 1. The van der Waals surface area contributed by atoms with Crippen molar-refractivity contribution in [2.45, 2.75) is 12.8 Å². The minimum Gasteiger partial charge on any atom is -0.356 e. The van der Waals surface area contributed by atoms with Gasteiger partial charge in [0, 0.05) is 18.4 Å². The second-order valence-electron chi connectivity index (χ2n) is 4.42. The van der Waals surface area contributed by atoms with Crippen LogP contribution in [0.3, 0.4) is 0 Å². The molecular formula is C12H14BrN3S. The maximum Gasteiger partial charge on any atom is 0.140 e. The molecule has 1 fully saturated rings. The van der Waals surface area contributed by atoms with Crippen molar-refractivity contribution in [2.24, 2.45) is 5.92 Å². The summed E-state index contributed by atoms with van der Waals surface area (Å²) in [5, 5.41) is 4.40. The summed E-state index contributed by atoms with van der Waals surface area (Å²) >= 11 is 5.21. The molecular weight excluding hydrogens is 298 g/mol. The summed E-state index contributed by atoms with van der Waals surface area (Å²) in [6.45, 7) is 2.26. The van der Waals surface area contributed by atoms with Gasteiger partial charge < -0.3 is 4.90 Å². The Balaban J connectivity index is 1.87. The molecule has 3 rings (SSSR count). The smallest absolute Gasteiger partial charge is 0.140 e. The molecule has 1 unspecified atom stereocenters. The number of anilines is 1. The third-order valence-electron chi connectivity index (χ3n) is 3.34. The van der Waals surface area contributed by atoms with E-state index >= 15 is 0 Å². The van der Waals surface area contributed by atoms with E-state index in [-0.39, 0.29) is 0 Å². The lowest BCUT2D eigenvalue weighted by molar-refractivity contribution is 0.575. The van der Waals surface area contributed by atoms with Gasteiger partial charge >= 0.3 is 0 Å². The molecule has 0 spiro atoms. The number of hydrogen-bond donors (Lipinski definition) is 0. The van der Waals surface area contributed by atoms with Crippen molar-refractivity contribution < 1.29 is 0 Å². The number of fused-ring (bicyclic) bond motifs is 1. The van der Waals surface area contributed by atoms with Gasteiger partial charge in [-0.2, -0.15) is 0 Å². The molecule has 0 radical (unpaired) electrons. The Labute approximate surface area is 113 Å². The maximum absolute atomic E-state index is 4.47. The Morgan fingerprint density at radius 3 is 3.29 bits per heavy atom. The zero-order valence-corrected chi connectivity index (χ0v) is 11.9. The molecule has 90 valence electrons. The Kier molecular flexibility index (Phi) is 3.29. The van der Waals surface area contributed by atoms with Crippen molar-refractivity contribution >= 4 is 43.3 Å². The predicted octanol–water partition coefficient (Wildman–Crippen LogP) is 3.30. The van der Waals surface area contributed by atoms with Crippen LogP contribution >= 0.6 is 27.3 Å². The van der Waals surface area contributed by atoms with Crippen molar-refractivity contribution in [1.29, 1.82) is 0 Å². The van der Waals surface area contributed by atoms with E-state index in [1.165, 1.54) is 18.2 Å². The molecule has 0 bridgehead atoms. The zero-order chi connectivity index (χ0) is 11.7. The number of alkyl halides is 1. The van der Waals surface area contributed by atoms with E-state index in [2.05, 4.69) is 42.2 Å². The van der Waals surface area contributed by atoms with Crippen LogP contribution in [-0.4, -0.2) is 28.4 Å². The number of thiophene rings is 1. The van der Waals surface area contributed by atoms with Crippen LogP contribution in [0.25, 0.3) is 10.2 Å². The molecule has 1 aliphatic heterocycles. The Morgan fingerprint density at radius 2 is 2.41 bits per heavy atom. The van der Waals surface area contributed by atoms with Crippen molar-refractivity contribution in [2.75, 3.05) is 23.3 Å². The SMILES string of the molecule is BrCCC1CCN(c2ncnc3sccc23)C1. The van der Waals surface area contributed by atoms with Crippen molar-refractivity contribution in [3.8, 4) is 0 Å². The molecule has 2 aromatic heterocycles. The topological polar surface area (TPSA) is 29.0 Å². The van der Waals surface area contributed by atoms with Crippen LogP contribution in [-0.2, 0) is 0 Å². The van der Waals surface area contributed by atoms with Crippen LogP contribution in [0, 0.1) is 5.92 Å². The Hall–Kier alpha value is -0.680. The van der Waals surface area contributed by atoms with Gasteiger partial charge in [-0.1, -0.05) is 15.9 Å². The van der Waals surface area contributed by atoms with E-state index < -0.39 is 0 Å². The van der Waals surface area contributed by atoms with E-state index in [0.29, 0.717) is 0 Å². The summed E-state index contributed by atoms with van der Waals surface area (Å²) in [6.07, 6.45) is 4.22. The highest BCUT2D eigenvalue weighted by atomic mass is 79.9. The van der Waals surface area contributed by atoms with E-state index in [1.54, 1.807) is 17.7 Å². The van der Waals surface area contributed by atoms with Gasteiger partial charge in [0.15, 0.2) is 0 Å². The van der Waals surface area contributed by atoms with Crippen LogP contribution in [0.5, 0.6) is 0 Å². The van der Waals surface area contributed by atoms with Gasteiger partial charge in [-0.3, -0.25) is 0 Å². The second kappa shape index (κ2) is 4.90. The molecule has 0 aromatic carbocycles. The molecule has 0 aliphatic carbocycles. The first kappa shape index (κ1) is 11.4. The highest BCUT2D eigenvalue weighted by Gasteiger charge is 2.24. The summed E-state index contributed by atoms with van der Waals surface area (Å²) < 4.78 is 0. The van der Waals surface area contributed by atoms with E-state index in [0.717, 1.165) is 35.0 Å². The van der Waals surface area contributed by atoms with Gasteiger partial charge in [-0.15, -0.1) is 11.3 Å². The van der Waals surface area contributed by atoms with Gasteiger partial charge in [0.2, 0.25) is 0 Å². The standard InChI is InChI=1S/C12H14BrN3S/c13-4-1-9-2-5-16(7-9)11-10-3-6-17-12(10)15-8-14-11/h3,6,8-9H,1-2,4-5,7H2. The largest absolute Gasteiger partial charge is 0.356 e. The zero-order valence-electron chi connectivity index (χ0n) is 9.47. The Morgan fingerprint density at radius 1 is 1.47 bits per heavy atom. The molecule has 0 saturated carbocycles. The molecule has 3 nitrogen and oxygen atoms in total. The molecule has 17 heavy (non-hydrogen) atoms. The number of hydrogen-bond acceptors (Lipinski definition) is 4. The molecule has 1 atom stereocenters. The maximum atomic E-state index is 4.47. The van der Waals surface area contributed by atoms with Crippen LogP contribution < -0.4 is 4.90 Å². The highest BCUT2D eigenvalue weighted by molar-refractivity contribution is 9.09. The van der Waals surface area contributed by atoms with E-state index in [4.69, 9.17) is 0 Å². The molecule has 3 heterocycles. The summed E-state index contributed by atoms with van der Waals surface area (Å²) in [5.41, 5.74) is 0. The van der Waals surface area contributed by atoms with Gasteiger partial charge in [-0.05, 0) is 30.2 Å². The van der Waals surface area contributed by atoms with Gasteiger partial charge in [0.1, 0.15) is 17.0 Å². The minimum atomic E-state index is 0.804. The number of rotatable bonds is 3. The first-order valence-electron chi connectivity index (χ1n) is 5.87. The third-order valence-corrected chi connectivity index (χ3v) is 4.62. The van der Waals surface area contributed by atoms with Gasteiger partial charge in [-0.25, -0.2) is 9.97 Å². The first-order valence-corrected chi connectivity index (χ1v) is 7.87. The quantitative estimate of drug-likeness (QED) is 0.814. The van der Waals surface area contributed by atoms with Gasteiger partial charge in [0.05, 0.1) is 5.39 Å². The molecule has 1 saturated heterocycles. The van der Waals surface area contributed by atoms with E-state index in [9.17, 15) is 0 Å². The van der Waals surface area contributed by atoms with Crippen molar-refractivity contribution in [3.63, 3.8) is 0 Å². The molecule has 0 amide bonds. The van der Waals surface area contributed by atoms with Crippen LogP contribution in [0.2, 0.25) is 0 Å². The van der Waals surface area contributed by atoms with Crippen molar-refractivity contribution in [1.82, 2.24) is 9.97 Å². The number of nitrogens with zero attached hydrogens (tertiary/aromatic N) is 3. The minimum absolute atomic E-state index is 0.804. The molecule has 5 heteroatoms. The fourth-order valence-electron chi connectivity index (χ4n) is 2.44. The monoisotopic (exact) mass is 311 g/mol. The van der Waals surface area contributed by atoms with Gasteiger partial charge in [0.25, 0.3) is 0 Å². The van der Waals surface area contributed by atoms with Crippen LogP contribution in [0.1, 0.15) is 12.8 Å². The normalized spacial score (nSPS) is 20.3. The molecule has 0 N–H and O–H groups in total. The number of aromatic nitrogens is 2. The van der Waals surface area contributed by atoms with Crippen LogP contribution in [0.4, 0.5) is 5.82 Å². The van der Waals surface area contributed by atoms with E-state index in [1.807, 2.05) is 0 Å². The first-order chi connectivity index (χ1) is 8.38. The summed E-state index contributed by atoms with van der Waals surface area (Å²) in [5.74, 6) is 1.92. The fourth-order valence-corrected chi connectivity index (χ4v) is 3.82. The molecule has 1 aliphatic rings. The third kappa shape index (κ3) is 2.18. The highest BCUT2D eigenvalue weighted by Crippen LogP contribution is 2.31. The average molecular weight is 312 g/mol.